The highest BCUT2D eigenvalue weighted by Gasteiger charge is 2.13. The summed E-state index contributed by atoms with van der Waals surface area (Å²) in [6, 6.07) is 14.9. The van der Waals surface area contributed by atoms with Crippen molar-refractivity contribution in [2.75, 3.05) is 31.1 Å². The number of fused-ring (bicyclic) bond motifs is 1. The van der Waals surface area contributed by atoms with Gasteiger partial charge in [-0.15, -0.1) is 0 Å². The average Bonchev–Trinajstić information content (AvgIpc) is 3.17. The standard InChI is InChI=1S/C24H24N4O/c1-16-11-19(12-17(2)27-16)22-15-29-23-13-20(14-26-24(22)23)18-3-5-21(6-4-18)28-9-7-25-8-10-28/h3-6,11-15,25H,7-10H2,1-2H3. The Morgan fingerprint density at radius 2 is 1.62 bits per heavy atom. The summed E-state index contributed by atoms with van der Waals surface area (Å²) in [4.78, 5) is 11.6. The van der Waals surface area contributed by atoms with Crippen LogP contribution < -0.4 is 10.2 Å². The fourth-order valence-electron chi connectivity index (χ4n) is 4.06. The quantitative estimate of drug-likeness (QED) is 0.560. The molecule has 29 heavy (non-hydrogen) atoms. The molecule has 5 heteroatoms. The summed E-state index contributed by atoms with van der Waals surface area (Å²) in [6.45, 7) is 8.20. The maximum atomic E-state index is 5.87. The summed E-state index contributed by atoms with van der Waals surface area (Å²) >= 11 is 0. The first kappa shape index (κ1) is 17.9. The summed E-state index contributed by atoms with van der Waals surface area (Å²) in [6.07, 6.45) is 3.73. The maximum Gasteiger partial charge on any atom is 0.153 e. The lowest BCUT2D eigenvalue weighted by molar-refractivity contribution is 0.589. The lowest BCUT2D eigenvalue weighted by atomic mass is 10.0. The maximum absolute atomic E-state index is 5.87. The van der Waals surface area contributed by atoms with Gasteiger partial charge in [0.2, 0.25) is 0 Å². The molecule has 4 heterocycles. The van der Waals surface area contributed by atoms with Crippen LogP contribution in [0.1, 0.15) is 11.4 Å². The van der Waals surface area contributed by atoms with Crippen molar-refractivity contribution in [3.63, 3.8) is 0 Å². The highest BCUT2D eigenvalue weighted by molar-refractivity contribution is 5.92. The fourth-order valence-corrected chi connectivity index (χ4v) is 4.06. The first-order valence-electron chi connectivity index (χ1n) is 10.1. The van der Waals surface area contributed by atoms with E-state index in [-0.39, 0.29) is 0 Å². The van der Waals surface area contributed by atoms with Crippen molar-refractivity contribution in [2.24, 2.45) is 0 Å². The summed E-state index contributed by atoms with van der Waals surface area (Å²) in [7, 11) is 0. The number of piperazine rings is 1. The molecule has 3 aromatic heterocycles. The Kier molecular flexibility index (Phi) is 4.52. The number of rotatable bonds is 3. The van der Waals surface area contributed by atoms with Gasteiger partial charge in [0.05, 0.1) is 0 Å². The topological polar surface area (TPSA) is 54.2 Å². The molecule has 0 atom stereocenters. The molecule has 5 nitrogen and oxygen atoms in total. The van der Waals surface area contributed by atoms with E-state index in [2.05, 4.69) is 57.7 Å². The first-order chi connectivity index (χ1) is 14.2. The number of furan rings is 1. The van der Waals surface area contributed by atoms with E-state index in [1.807, 2.05) is 20.0 Å². The number of benzene rings is 1. The minimum absolute atomic E-state index is 0.802. The molecular formula is C24H24N4O. The second-order valence-corrected chi connectivity index (χ2v) is 7.64. The Morgan fingerprint density at radius 1 is 0.897 bits per heavy atom. The fraction of sp³-hybridized carbons (Fsp3) is 0.250. The van der Waals surface area contributed by atoms with Crippen molar-refractivity contribution in [3.05, 3.63) is 66.3 Å². The molecule has 0 bridgehead atoms. The Balaban J connectivity index is 1.46. The molecule has 0 spiro atoms. The molecule has 5 rings (SSSR count). The van der Waals surface area contributed by atoms with Gasteiger partial charge in [-0.1, -0.05) is 12.1 Å². The van der Waals surface area contributed by atoms with E-state index in [1.165, 1.54) is 5.69 Å². The van der Waals surface area contributed by atoms with E-state index in [0.29, 0.717) is 0 Å². The van der Waals surface area contributed by atoms with Crippen LogP contribution in [0.5, 0.6) is 0 Å². The predicted octanol–water partition coefficient (Wildman–Crippen LogP) is 4.58. The van der Waals surface area contributed by atoms with E-state index >= 15 is 0 Å². The number of aromatic nitrogens is 2. The van der Waals surface area contributed by atoms with Crippen LogP contribution in [0.3, 0.4) is 0 Å². The summed E-state index contributed by atoms with van der Waals surface area (Å²) < 4.78 is 5.87. The zero-order valence-electron chi connectivity index (χ0n) is 16.8. The highest BCUT2D eigenvalue weighted by atomic mass is 16.3. The van der Waals surface area contributed by atoms with Gasteiger partial charge in [-0.05, 0) is 55.3 Å². The third-order valence-electron chi connectivity index (χ3n) is 5.49. The molecule has 1 saturated heterocycles. The van der Waals surface area contributed by atoms with Crippen molar-refractivity contribution in [1.29, 1.82) is 0 Å². The van der Waals surface area contributed by atoms with Gasteiger partial charge in [-0.3, -0.25) is 9.97 Å². The van der Waals surface area contributed by atoms with Crippen molar-refractivity contribution in [2.45, 2.75) is 13.8 Å². The SMILES string of the molecule is Cc1cc(-c2coc3cc(-c4ccc(N5CCNCC5)cc4)cnc23)cc(C)n1. The molecule has 1 aliphatic rings. The molecule has 0 unspecified atom stereocenters. The van der Waals surface area contributed by atoms with Crippen LogP contribution in [-0.2, 0) is 0 Å². The van der Waals surface area contributed by atoms with Crippen LogP contribution in [0.25, 0.3) is 33.4 Å². The minimum Gasteiger partial charge on any atom is -0.462 e. The number of hydrogen-bond donors (Lipinski definition) is 1. The number of nitrogens with zero attached hydrogens (tertiary/aromatic N) is 3. The first-order valence-corrected chi connectivity index (χ1v) is 10.1. The summed E-state index contributed by atoms with van der Waals surface area (Å²) in [5.41, 5.74) is 9.26. The molecule has 1 N–H and O–H groups in total. The number of anilines is 1. The number of pyridine rings is 2. The van der Waals surface area contributed by atoms with Crippen molar-refractivity contribution < 1.29 is 4.42 Å². The van der Waals surface area contributed by atoms with Crippen LogP contribution >= 0.6 is 0 Å². The zero-order chi connectivity index (χ0) is 19.8. The van der Waals surface area contributed by atoms with Gasteiger partial charge in [0, 0.05) is 60.6 Å². The lowest BCUT2D eigenvalue weighted by Crippen LogP contribution is -2.43. The van der Waals surface area contributed by atoms with E-state index in [9.17, 15) is 0 Å². The van der Waals surface area contributed by atoms with Crippen molar-refractivity contribution in [1.82, 2.24) is 15.3 Å². The van der Waals surface area contributed by atoms with Gasteiger partial charge < -0.3 is 14.6 Å². The van der Waals surface area contributed by atoms with Crippen LogP contribution in [0, 0.1) is 13.8 Å². The number of nitrogens with one attached hydrogen (secondary N) is 1. The molecule has 0 radical (unpaired) electrons. The second-order valence-electron chi connectivity index (χ2n) is 7.64. The molecular weight excluding hydrogens is 360 g/mol. The number of aryl methyl sites for hydroxylation is 2. The summed E-state index contributed by atoms with van der Waals surface area (Å²) in [5, 5.41) is 3.39. The van der Waals surface area contributed by atoms with Gasteiger partial charge in [-0.2, -0.15) is 0 Å². The van der Waals surface area contributed by atoms with E-state index in [1.54, 1.807) is 6.26 Å². The normalized spacial score (nSPS) is 14.5. The second kappa shape index (κ2) is 7.33. The molecule has 1 fully saturated rings. The zero-order valence-corrected chi connectivity index (χ0v) is 16.8. The molecule has 1 aromatic carbocycles. The largest absolute Gasteiger partial charge is 0.462 e. The van der Waals surface area contributed by atoms with Gasteiger partial charge in [-0.25, -0.2) is 0 Å². The monoisotopic (exact) mass is 384 g/mol. The van der Waals surface area contributed by atoms with Gasteiger partial charge in [0.1, 0.15) is 11.8 Å². The molecule has 1 aliphatic heterocycles. The van der Waals surface area contributed by atoms with Crippen LogP contribution in [-0.4, -0.2) is 36.1 Å². The molecule has 146 valence electrons. The predicted molar refractivity (Wildman–Crippen MR) is 117 cm³/mol. The lowest BCUT2D eigenvalue weighted by Gasteiger charge is -2.29. The third kappa shape index (κ3) is 3.49. The van der Waals surface area contributed by atoms with Crippen molar-refractivity contribution >= 4 is 16.8 Å². The Bertz CT molecular complexity index is 1140. The van der Waals surface area contributed by atoms with Crippen LogP contribution in [0.4, 0.5) is 5.69 Å². The Labute approximate surface area is 170 Å². The molecule has 0 saturated carbocycles. The summed E-state index contributed by atoms with van der Waals surface area (Å²) in [5.74, 6) is 0. The minimum atomic E-state index is 0.802. The highest BCUT2D eigenvalue weighted by Crippen LogP contribution is 2.32. The van der Waals surface area contributed by atoms with Gasteiger partial charge in [0.15, 0.2) is 5.58 Å². The van der Waals surface area contributed by atoms with Gasteiger partial charge in [0.25, 0.3) is 0 Å². The third-order valence-corrected chi connectivity index (χ3v) is 5.49. The van der Waals surface area contributed by atoms with Crippen molar-refractivity contribution in [3.8, 4) is 22.3 Å². The molecule has 0 amide bonds. The van der Waals surface area contributed by atoms with E-state index < -0.39 is 0 Å². The smallest absolute Gasteiger partial charge is 0.153 e. The Morgan fingerprint density at radius 3 is 2.34 bits per heavy atom. The van der Waals surface area contributed by atoms with Crippen LogP contribution in [0.2, 0.25) is 0 Å². The van der Waals surface area contributed by atoms with Gasteiger partial charge >= 0.3 is 0 Å². The average molecular weight is 384 g/mol. The van der Waals surface area contributed by atoms with Crippen LogP contribution in [0.15, 0.2) is 59.3 Å². The molecule has 0 aliphatic carbocycles. The Hall–Kier alpha value is -3.18. The van der Waals surface area contributed by atoms with E-state index in [4.69, 9.17) is 9.40 Å². The molecule has 4 aromatic rings. The number of hydrogen-bond acceptors (Lipinski definition) is 5. The van der Waals surface area contributed by atoms with E-state index in [0.717, 1.165) is 70.9 Å².